The summed E-state index contributed by atoms with van der Waals surface area (Å²) >= 11 is 0. The number of benzene rings is 3. The van der Waals surface area contributed by atoms with Crippen molar-refractivity contribution in [2.24, 2.45) is 0 Å². The molecule has 0 radical (unpaired) electrons. The predicted molar refractivity (Wildman–Crippen MR) is 122 cm³/mol. The first-order chi connectivity index (χ1) is 15.2. The number of carbonyl (C=O) groups is 1. The highest BCUT2D eigenvalue weighted by Crippen LogP contribution is 2.24. The van der Waals surface area contributed by atoms with Crippen molar-refractivity contribution in [1.82, 2.24) is 5.32 Å². The van der Waals surface area contributed by atoms with E-state index >= 15 is 0 Å². The SMILES string of the molecule is Cc1ccc(CN(c2ccc(OCC(=O)NCc3ccc(F)cc3)cc2)S(C)(=O)=O)cc1. The average molecular weight is 457 g/mol. The molecule has 0 unspecified atom stereocenters. The largest absolute Gasteiger partial charge is 0.484 e. The molecule has 0 aliphatic carbocycles. The van der Waals surface area contributed by atoms with Crippen molar-refractivity contribution in [3.05, 3.63) is 95.3 Å². The molecule has 32 heavy (non-hydrogen) atoms. The fourth-order valence-corrected chi connectivity index (χ4v) is 3.86. The van der Waals surface area contributed by atoms with Crippen molar-refractivity contribution in [2.45, 2.75) is 20.0 Å². The predicted octanol–water partition coefficient (Wildman–Crippen LogP) is 3.80. The van der Waals surface area contributed by atoms with Gasteiger partial charge in [-0.3, -0.25) is 9.10 Å². The number of rotatable bonds is 9. The van der Waals surface area contributed by atoms with Gasteiger partial charge in [-0.05, 0) is 54.4 Å². The van der Waals surface area contributed by atoms with Crippen molar-refractivity contribution in [1.29, 1.82) is 0 Å². The van der Waals surface area contributed by atoms with E-state index in [2.05, 4.69) is 5.32 Å². The molecule has 0 saturated carbocycles. The lowest BCUT2D eigenvalue weighted by Crippen LogP contribution is -2.29. The van der Waals surface area contributed by atoms with E-state index in [1.807, 2.05) is 31.2 Å². The first-order valence-electron chi connectivity index (χ1n) is 9.98. The maximum Gasteiger partial charge on any atom is 0.258 e. The van der Waals surface area contributed by atoms with E-state index in [9.17, 15) is 17.6 Å². The van der Waals surface area contributed by atoms with Gasteiger partial charge in [-0.2, -0.15) is 0 Å². The molecule has 0 saturated heterocycles. The van der Waals surface area contributed by atoms with Crippen LogP contribution in [-0.4, -0.2) is 27.2 Å². The molecule has 6 nitrogen and oxygen atoms in total. The number of sulfonamides is 1. The van der Waals surface area contributed by atoms with Crippen molar-refractivity contribution < 1.29 is 22.3 Å². The molecule has 8 heteroatoms. The van der Waals surface area contributed by atoms with Crippen LogP contribution < -0.4 is 14.4 Å². The van der Waals surface area contributed by atoms with Crippen LogP contribution in [0.2, 0.25) is 0 Å². The zero-order valence-corrected chi connectivity index (χ0v) is 18.7. The Kier molecular flexibility index (Phi) is 7.48. The second-order valence-corrected chi connectivity index (χ2v) is 9.35. The molecule has 0 aliphatic heterocycles. The van der Waals surface area contributed by atoms with E-state index in [4.69, 9.17) is 4.74 Å². The van der Waals surface area contributed by atoms with Gasteiger partial charge in [0.25, 0.3) is 5.91 Å². The number of hydrogen-bond acceptors (Lipinski definition) is 4. The van der Waals surface area contributed by atoms with Gasteiger partial charge >= 0.3 is 0 Å². The number of aryl methyl sites for hydroxylation is 1. The van der Waals surface area contributed by atoms with Crippen LogP contribution in [0.4, 0.5) is 10.1 Å². The standard InChI is InChI=1S/C24H25FN2O4S/c1-18-3-5-20(6-4-18)16-27(32(2,29)30)22-11-13-23(14-12-22)31-17-24(28)26-15-19-7-9-21(25)10-8-19/h3-14H,15-17H2,1-2H3,(H,26,28). The molecule has 3 rings (SSSR count). The molecular formula is C24H25FN2O4S. The lowest BCUT2D eigenvalue weighted by molar-refractivity contribution is -0.123. The molecule has 0 spiro atoms. The third-order valence-corrected chi connectivity index (χ3v) is 5.89. The van der Waals surface area contributed by atoms with Gasteiger partial charge in [0.1, 0.15) is 11.6 Å². The Balaban J connectivity index is 1.57. The van der Waals surface area contributed by atoms with Crippen LogP contribution in [0.15, 0.2) is 72.8 Å². The Labute approximate surface area is 187 Å². The summed E-state index contributed by atoms with van der Waals surface area (Å²) in [7, 11) is -3.50. The van der Waals surface area contributed by atoms with Crippen LogP contribution in [-0.2, 0) is 27.9 Å². The van der Waals surface area contributed by atoms with Crippen molar-refractivity contribution in [2.75, 3.05) is 17.2 Å². The van der Waals surface area contributed by atoms with Gasteiger partial charge in [-0.1, -0.05) is 42.0 Å². The first kappa shape index (κ1) is 23.3. The highest BCUT2D eigenvalue weighted by molar-refractivity contribution is 7.92. The average Bonchev–Trinajstić information content (AvgIpc) is 2.76. The minimum atomic E-state index is -3.50. The van der Waals surface area contributed by atoms with E-state index in [0.717, 1.165) is 22.9 Å². The Morgan fingerprint density at radius 3 is 2.12 bits per heavy atom. The molecule has 0 aromatic heterocycles. The minimum absolute atomic E-state index is 0.195. The van der Waals surface area contributed by atoms with Gasteiger partial charge in [0.2, 0.25) is 10.0 Å². The van der Waals surface area contributed by atoms with Crippen LogP contribution in [0, 0.1) is 12.7 Å². The van der Waals surface area contributed by atoms with Gasteiger partial charge < -0.3 is 10.1 Å². The number of nitrogens with one attached hydrogen (secondary N) is 1. The second kappa shape index (κ2) is 10.3. The van der Waals surface area contributed by atoms with Crippen LogP contribution in [0.5, 0.6) is 5.75 Å². The minimum Gasteiger partial charge on any atom is -0.484 e. The van der Waals surface area contributed by atoms with E-state index in [-0.39, 0.29) is 31.4 Å². The van der Waals surface area contributed by atoms with Crippen molar-refractivity contribution in [3.63, 3.8) is 0 Å². The smallest absolute Gasteiger partial charge is 0.258 e. The molecule has 3 aromatic carbocycles. The van der Waals surface area contributed by atoms with Gasteiger partial charge in [-0.15, -0.1) is 0 Å². The van der Waals surface area contributed by atoms with Gasteiger partial charge in [0.15, 0.2) is 6.61 Å². The van der Waals surface area contributed by atoms with E-state index < -0.39 is 10.0 Å². The number of carbonyl (C=O) groups excluding carboxylic acids is 1. The van der Waals surface area contributed by atoms with E-state index in [0.29, 0.717) is 11.4 Å². The number of hydrogen-bond donors (Lipinski definition) is 1. The molecule has 0 atom stereocenters. The molecule has 168 valence electrons. The van der Waals surface area contributed by atoms with Crippen LogP contribution in [0.3, 0.4) is 0 Å². The summed E-state index contributed by atoms with van der Waals surface area (Å²) in [5.41, 5.74) is 3.25. The Morgan fingerprint density at radius 2 is 1.53 bits per heavy atom. The highest BCUT2D eigenvalue weighted by Gasteiger charge is 2.18. The summed E-state index contributed by atoms with van der Waals surface area (Å²) in [6.45, 7) is 2.26. The molecule has 0 bridgehead atoms. The maximum atomic E-state index is 12.9. The number of amides is 1. The van der Waals surface area contributed by atoms with Crippen LogP contribution in [0.25, 0.3) is 0 Å². The lowest BCUT2D eigenvalue weighted by atomic mass is 10.1. The molecule has 1 N–H and O–H groups in total. The van der Waals surface area contributed by atoms with Crippen LogP contribution >= 0.6 is 0 Å². The van der Waals surface area contributed by atoms with Crippen LogP contribution in [0.1, 0.15) is 16.7 Å². The van der Waals surface area contributed by atoms with E-state index in [1.165, 1.54) is 16.4 Å². The van der Waals surface area contributed by atoms with Gasteiger partial charge in [-0.25, -0.2) is 12.8 Å². The maximum absolute atomic E-state index is 12.9. The number of anilines is 1. The molecule has 0 heterocycles. The molecule has 1 amide bonds. The molecule has 0 fully saturated rings. The summed E-state index contributed by atoms with van der Waals surface area (Å²) in [5.74, 6) is -0.217. The topological polar surface area (TPSA) is 75.7 Å². The number of halogens is 1. The summed E-state index contributed by atoms with van der Waals surface area (Å²) in [5, 5.41) is 2.70. The summed E-state index contributed by atoms with van der Waals surface area (Å²) in [4.78, 5) is 12.0. The zero-order chi connectivity index (χ0) is 23.1. The quantitative estimate of drug-likeness (QED) is 0.532. The second-order valence-electron chi connectivity index (χ2n) is 7.44. The van der Waals surface area contributed by atoms with E-state index in [1.54, 1.807) is 36.4 Å². The fraction of sp³-hybridized carbons (Fsp3) is 0.208. The lowest BCUT2D eigenvalue weighted by Gasteiger charge is -2.23. The normalized spacial score (nSPS) is 11.1. The third-order valence-electron chi connectivity index (χ3n) is 4.74. The van der Waals surface area contributed by atoms with Crippen molar-refractivity contribution in [3.8, 4) is 5.75 Å². The fourth-order valence-electron chi connectivity index (χ4n) is 2.97. The van der Waals surface area contributed by atoms with Gasteiger partial charge in [0.05, 0.1) is 18.5 Å². The van der Waals surface area contributed by atoms with Crippen molar-refractivity contribution >= 4 is 21.6 Å². The monoisotopic (exact) mass is 456 g/mol. The first-order valence-corrected chi connectivity index (χ1v) is 11.8. The number of nitrogens with zero attached hydrogens (tertiary/aromatic N) is 1. The zero-order valence-electron chi connectivity index (χ0n) is 17.9. The summed E-state index contributed by atoms with van der Waals surface area (Å²) in [6, 6.07) is 20.1. The summed E-state index contributed by atoms with van der Waals surface area (Å²) < 4.78 is 44.4. The highest BCUT2D eigenvalue weighted by atomic mass is 32.2. The Morgan fingerprint density at radius 1 is 0.938 bits per heavy atom. The molecule has 3 aromatic rings. The number of ether oxygens (including phenoxy) is 1. The summed E-state index contributed by atoms with van der Waals surface area (Å²) in [6.07, 6.45) is 1.16. The Bertz CT molecular complexity index is 1150. The third kappa shape index (κ3) is 6.81. The Hall–Kier alpha value is -3.39. The molecule has 0 aliphatic rings. The van der Waals surface area contributed by atoms with Gasteiger partial charge in [0, 0.05) is 6.54 Å². The molecular weight excluding hydrogens is 431 g/mol.